The molecule has 1 nitrogen and oxygen atoms in total. The number of halogens is 1. The third-order valence-corrected chi connectivity index (χ3v) is 2.72. The van der Waals surface area contributed by atoms with Gasteiger partial charge in [-0.25, -0.2) is 0 Å². The number of rotatable bonds is 0. The standard InChI is InChI=1S/C11H10ClN/c1-7-5-13-6-9-3-4-10(12)8(2)11(7)9/h3-6H,1-2H3. The molecule has 2 rings (SSSR count). The topological polar surface area (TPSA) is 12.9 Å². The molecular weight excluding hydrogens is 182 g/mol. The van der Waals surface area contributed by atoms with Crippen LogP contribution in [0, 0.1) is 13.8 Å². The van der Waals surface area contributed by atoms with Crippen LogP contribution in [0.4, 0.5) is 0 Å². The van der Waals surface area contributed by atoms with E-state index in [0.717, 1.165) is 16.0 Å². The van der Waals surface area contributed by atoms with Crippen LogP contribution in [0.15, 0.2) is 24.5 Å². The molecule has 0 bridgehead atoms. The minimum absolute atomic E-state index is 0.821. The summed E-state index contributed by atoms with van der Waals surface area (Å²) in [6.07, 6.45) is 3.73. The van der Waals surface area contributed by atoms with Crippen LogP contribution in [0.5, 0.6) is 0 Å². The lowest BCUT2D eigenvalue weighted by atomic mass is 10.0. The van der Waals surface area contributed by atoms with Gasteiger partial charge in [-0.15, -0.1) is 0 Å². The van der Waals surface area contributed by atoms with E-state index in [0.29, 0.717) is 0 Å². The van der Waals surface area contributed by atoms with E-state index in [-0.39, 0.29) is 0 Å². The summed E-state index contributed by atoms with van der Waals surface area (Å²) >= 11 is 6.04. The summed E-state index contributed by atoms with van der Waals surface area (Å²) in [4.78, 5) is 4.14. The van der Waals surface area contributed by atoms with E-state index in [9.17, 15) is 0 Å². The van der Waals surface area contributed by atoms with Crippen LogP contribution < -0.4 is 0 Å². The summed E-state index contributed by atoms with van der Waals surface area (Å²) in [5.74, 6) is 0. The predicted octanol–water partition coefficient (Wildman–Crippen LogP) is 3.51. The van der Waals surface area contributed by atoms with Gasteiger partial charge in [-0.1, -0.05) is 17.7 Å². The number of fused-ring (bicyclic) bond motifs is 1. The molecule has 0 spiro atoms. The van der Waals surface area contributed by atoms with Crippen LogP contribution in [0.1, 0.15) is 11.1 Å². The maximum absolute atomic E-state index is 6.04. The van der Waals surface area contributed by atoms with Crippen LogP contribution in [0.25, 0.3) is 10.8 Å². The quantitative estimate of drug-likeness (QED) is 0.621. The molecule has 1 aromatic heterocycles. The van der Waals surface area contributed by atoms with E-state index >= 15 is 0 Å². The van der Waals surface area contributed by atoms with E-state index in [4.69, 9.17) is 11.6 Å². The van der Waals surface area contributed by atoms with Gasteiger partial charge in [-0.3, -0.25) is 4.98 Å². The average molecular weight is 192 g/mol. The lowest BCUT2D eigenvalue weighted by molar-refractivity contribution is 1.30. The molecular formula is C11H10ClN. The van der Waals surface area contributed by atoms with Crippen molar-refractivity contribution in [2.75, 3.05) is 0 Å². The number of aromatic nitrogens is 1. The van der Waals surface area contributed by atoms with E-state index in [1.54, 1.807) is 0 Å². The van der Waals surface area contributed by atoms with Gasteiger partial charge in [0.25, 0.3) is 0 Å². The Hall–Kier alpha value is -1.08. The van der Waals surface area contributed by atoms with Gasteiger partial charge in [-0.2, -0.15) is 0 Å². The van der Waals surface area contributed by atoms with Crippen LogP contribution in [0.3, 0.4) is 0 Å². The van der Waals surface area contributed by atoms with E-state index < -0.39 is 0 Å². The Morgan fingerprint density at radius 3 is 2.69 bits per heavy atom. The van der Waals surface area contributed by atoms with Crippen LogP contribution in [0.2, 0.25) is 5.02 Å². The van der Waals surface area contributed by atoms with Gasteiger partial charge in [0.05, 0.1) is 0 Å². The lowest BCUT2D eigenvalue weighted by Crippen LogP contribution is -1.85. The second-order valence-electron chi connectivity index (χ2n) is 3.23. The largest absolute Gasteiger partial charge is 0.264 e. The number of benzene rings is 1. The molecule has 0 radical (unpaired) electrons. The third kappa shape index (κ3) is 1.29. The highest BCUT2D eigenvalue weighted by Gasteiger charge is 2.03. The Balaban J connectivity index is 2.97. The van der Waals surface area contributed by atoms with Crippen molar-refractivity contribution in [1.29, 1.82) is 0 Å². The first kappa shape index (κ1) is 8.52. The van der Waals surface area contributed by atoms with Crippen LogP contribution >= 0.6 is 11.6 Å². The fourth-order valence-corrected chi connectivity index (χ4v) is 1.79. The smallest absolute Gasteiger partial charge is 0.0441 e. The molecule has 0 unspecified atom stereocenters. The van der Waals surface area contributed by atoms with Crippen molar-refractivity contribution in [3.63, 3.8) is 0 Å². The SMILES string of the molecule is Cc1cncc2ccc(Cl)c(C)c12. The molecule has 0 aliphatic heterocycles. The first-order valence-corrected chi connectivity index (χ1v) is 4.57. The summed E-state index contributed by atoms with van der Waals surface area (Å²) in [5, 5.41) is 3.20. The summed E-state index contributed by atoms with van der Waals surface area (Å²) in [6, 6.07) is 3.92. The summed E-state index contributed by atoms with van der Waals surface area (Å²) in [7, 11) is 0. The fraction of sp³-hybridized carbons (Fsp3) is 0.182. The molecule has 1 aromatic carbocycles. The molecule has 0 atom stereocenters. The average Bonchev–Trinajstić information content (AvgIpc) is 2.12. The molecule has 66 valence electrons. The van der Waals surface area contributed by atoms with Crippen molar-refractivity contribution >= 4 is 22.4 Å². The second-order valence-corrected chi connectivity index (χ2v) is 3.63. The molecule has 0 aliphatic carbocycles. The predicted molar refractivity (Wildman–Crippen MR) is 56.2 cm³/mol. The number of hydrogen-bond donors (Lipinski definition) is 0. The zero-order chi connectivity index (χ0) is 9.42. The zero-order valence-electron chi connectivity index (χ0n) is 7.63. The Bertz CT molecular complexity index is 463. The molecule has 0 saturated heterocycles. The minimum atomic E-state index is 0.821. The van der Waals surface area contributed by atoms with Crippen molar-refractivity contribution < 1.29 is 0 Å². The molecule has 0 saturated carbocycles. The van der Waals surface area contributed by atoms with Gasteiger partial charge in [0.1, 0.15) is 0 Å². The van der Waals surface area contributed by atoms with Gasteiger partial charge in [0.15, 0.2) is 0 Å². The molecule has 0 aliphatic rings. The van der Waals surface area contributed by atoms with Gasteiger partial charge in [0, 0.05) is 22.8 Å². The molecule has 1 heterocycles. The highest BCUT2D eigenvalue weighted by atomic mass is 35.5. The maximum atomic E-state index is 6.04. The molecule has 2 aromatic rings. The normalized spacial score (nSPS) is 10.7. The third-order valence-electron chi connectivity index (χ3n) is 2.31. The molecule has 0 amide bonds. The molecule has 2 heteroatoms. The minimum Gasteiger partial charge on any atom is -0.264 e. The fourth-order valence-electron chi connectivity index (χ4n) is 1.63. The van der Waals surface area contributed by atoms with E-state index in [2.05, 4.69) is 11.9 Å². The summed E-state index contributed by atoms with van der Waals surface area (Å²) < 4.78 is 0. The number of hydrogen-bond acceptors (Lipinski definition) is 1. The van der Waals surface area contributed by atoms with E-state index in [1.807, 2.05) is 31.5 Å². The van der Waals surface area contributed by atoms with Crippen molar-refractivity contribution in [3.05, 3.63) is 40.7 Å². The number of pyridine rings is 1. The Labute approximate surface area is 82.4 Å². The molecule has 0 fully saturated rings. The van der Waals surface area contributed by atoms with Crippen molar-refractivity contribution in [2.45, 2.75) is 13.8 Å². The summed E-state index contributed by atoms with van der Waals surface area (Å²) in [5.41, 5.74) is 2.32. The van der Waals surface area contributed by atoms with Crippen molar-refractivity contribution in [1.82, 2.24) is 4.98 Å². The first-order valence-electron chi connectivity index (χ1n) is 4.19. The van der Waals surface area contributed by atoms with Crippen LogP contribution in [-0.4, -0.2) is 4.98 Å². The second kappa shape index (κ2) is 3.00. The molecule has 0 N–H and O–H groups in total. The van der Waals surface area contributed by atoms with Crippen LogP contribution in [-0.2, 0) is 0 Å². The van der Waals surface area contributed by atoms with Gasteiger partial charge in [0.2, 0.25) is 0 Å². The number of aryl methyl sites for hydroxylation is 2. The Morgan fingerprint density at radius 1 is 1.15 bits per heavy atom. The highest BCUT2D eigenvalue weighted by Crippen LogP contribution is 2.26. The zero-order valence-corrected chi connectivity index (χ0v) is 8.39. The van der Waals surface area contributed by atoms with Gasteiger partial charge in [-0.05, 0) is 36.4 Å². The maximum Gasteiger partial charge on any atom is 0.0441 e. The Morgan fingerprint density at radius 2 is 1.92 bits per heavy atom. The first-order chi connectivity index (χ1) is 6.20. The van der Waals surface area contributed by atoms with E-state index in [1.165, 1.54) is 10.9 Å². The van der Waals surface area contributed by atoms with Crippen molar-refractivity contribution in [3.8, 4) is 0 Å². The lowest BCUT2D eigenvalue weighted by Gasteiger charge is -2.06. The Kier molecular flexibility index (Phi) is 1.97. The number of nitrogens with zero attached hydrogens (tertiary/aromatic N) is 1. The van der Waals surface area contributed by atoms with Gasteiger partial charge >= 0.3 is 0 Å². The monoisotopic (exact) mass is 191 g/mol. The highest BCUT2D eigenvalue weighted by molar-refractivity contribution is 6.32. The van der Waals surface area contributed by atoms with Crippen molar-refractivity contribution in [2.24, 2.45) is 0 Å². The van der Waals surface area contributed by atoms with Gasteiger partial charge < -0.3 is 0 Å². The summed E-state index contributed by atoms with van der Waals surface area (Å²) in [6.45, 7) is 4.09. The molecule has 13 heavy (non-hydrogen) atoms.